The Kier molecular flexibility index (Phi) is 4.86. The van der Waals surface area contributed by atoms with Crippen LogP contribution in [0.3, 0.4) is 0 Å². The number of halogens is 1. The average Bonchev–Trinajstić information content (AvgIpc) is 3.00. The number of aromatic nitrogens is 2. The minimum Gasteiger partial charge on any atom is -0.309 e. The number of aryl methyl sites for hydroxylation is 1. The van der Waals surface area contributed by atoms with Gasteiger partial charge in [-0.1, -0.05) is 19.1 Å². The van der Waals surface area contributed by atoms with E-state index in [1.54, 1.807) is 23.5 Å². The fourth-order valence-corrected chi connectivity index (χ4v) is 5.18. The van der Waals surface area contributed by atoms with E-state index < -0.39 is 0 Å². The Labute approximate surface area is 162 Å². The molecule has 0 saturated carbocycles. The second kappa shape index (κ2) is 7.17. The molecule has 1 aliphatic rings. The molecule has 6 heteroatoms. The Morgan fingerprint density at radius 2 is 2.11 bits per heavy atom. The second-order valence-electron chi connectivity index (χ2n) is 7.70. The largest absolute Gasteiger partial charge is 0.309 e. The maximum atomic E-state index is 13.1. The van der Waals surface area contributed by atoms with Gasteiger partial charge in [0.2, 0.25) is 0 Å². The number of nitrogens with one attached hydrogen (secondary N) is 1. The van der Waals surface area contributed by atoms with Gasteiger partial charge in [-0.15, -0.1) is 11.3 Å². The van der Waals surface area contributed by atoms with Crippen LogP contribution in [0, 0.1) is 11.7 Å². The van der Waals surface area contributed by atoms with E-state index in [1.165, 1.54) is 22.6 Å². The van der Waals surface area contributed by atoms with Gasteiger partial charge in [0.1, 0.15) is 16.5 Å². The molecule has 0 radical (unpaired) electrons. The zero-order chi connectivity index (χ0) is 19.1. The summed E-state index contributed by atoms with van der Waals surface area (Å²) in [5.41, 5.74) is 2.21. The lowest BCUT2D eigenvalue weighted by molar-refractivity contribution is 0.244. The van der Waals surface area contributed by atoms with Crippen LogP contribution in [-0.2, 0) is 19.4 Å². The van der Waals surface area contributed by atoms with Crippen LogP contribution in [-0.4, -0.2) is 21.9 Å². The van der Waals surface area contributed by atoms with Gasteiger partial charge in [-0.25, -0.2) is 9.37 Å². The molecule has 142 valence electrons. The van der Waals surface area contributed by atoms with Gasteiger partial charge in [0.05, 0.1) is 11.4 Å². The number of benzene rings is 1. The lowest BCUT2D eigenvalue weighted by atomic mass is 9.89. The maximum absolute atomic E-state index is 13.1. The van der Waals surface area contributed by atoms with Crippen molar-refractivity contribution in [2.24, 2.45) is 5.92 Å². The summed E-state index contributed by atoms with van der Waals surface area (Å²) in [7, 11) is 1.99. The minimum atomic E-state index is -0.234. The first-order valence-corrected chi connectivity index (χ1v) is 10.2. The highest BCUT2D eigenvalue weighted by Gasteiger charge is 2.24. The predicted octanol–water partition coefficient (Wildman–Crippen LogP) is 4.44. The van der Waals surface area contributed by atoms with Crippen LogP contribution in [0.15, 0.2) is 29.1 Å². The number of hydrogen-bond acceptors (Lipinski definition) is 4. The maximum Gasteiger partial charge on any atom is 0.259 e. The molecule has 0 fully saturated rings. The Balaban J connectivity index is 1.63. The van der Waals surface area contributed by atoms with Crippen molar-refractivity contribution in [1.29, 1.82) is 0 Å². The summed E-state index contributed by atoms with van der Waals surface area (Å²) < 4.78 is 13.1. The molecular weight excluding hydrogens is 361 g/mol. The standard InChI is InChI=1S/C21H24FN3OS/c1-12-4-9-16-17(10-12)27-21-18(16)20(26)23-19(24-21)13(2)25(3)11-14-5-7-15(22)8-6-14/h5-8,12-13H,4,9-11H2,1-3H3,(H,23,24,26). The van der Waals surface area contributed by atoms with Crippen LogP contribution in [0.25, 0.3) is 10.2 Å². The number of thiophene rings is 1. The van der Waals surface area contributed by atoms with E-state index in [1.807, 2.05) is 14.0 Å². The van der Waals surface area contributed by atoms with Crippen LogP contribution in [0.2, 0.25) is 0 Å². The van der Waals surface area contributed by atoms with Crippen molar-refractivity contribution in [3.63, 3.8) is 0 Å². The molecule has 2 heterocycles. The molecule has 2 atom stereocenters. The zero-order valence-corrected chi connectivity index (χ0v) is 16.7. The molecule has 0 spiro atoms. The third-order valence-electron chi connectivity index (χ3n) is 5.59. The number of rotatable bonds is 4. The van der Waals surface area contributed by atoms with E-state index in [4.69, 9.17) is 4.98 Å². The Morgan fingerprint density at radius 1 is 1.37 bits per heavy atom. The molecule has 4 nitrogen and oxygen atoms in total. The van der Waals surface area contributed by atoms with E-state index >= 15 is 0 Å². The van der Waals surface area contributed by atoms with Crippen LogP contribution in [0.4, 0.5) is 4.39 Å². The van der Waals surface area contributed by atoms with Crippen molar-refractivity contribution in [3.05, 3.63) is 62.3 Å². The van der Waals surface area contributed by atoms with Crippen molar-refractivity contribution in [3.8, 4) is 0 Å². The lowest BCUT2D eigenvalue weighted by Gasteiger charge is -2.24. The SMILES string of the molecule is CC1CCc2c(sc3nc(C(C)N(C)Cc4ccc(F)cc4)[nH]c(=O)c23)C1. The van der Waals surface area contributed by atoms with Crippen molar-refractivity contribution >= 4 is 21.6 Å². The highest BCUT2D eigenvalue weighted by Crippen LogP contribution is 2.36. The van der Waals surface area contributed by atoms with Gasteiger partial charge in [-0.3, -0.25) is 9.69 Å². The number of H-pyrrole nitrogens is 1. The molecule has 0 aliphatic heterocycles. The van der Waals surface area contributed by atoms with Crippen LogP contribution in [0.5, 0.6) is 0 Å². The van der Waals surface area contributed by atoms with Gasteiger partial charge in [-0.2, -0.15) is 0 Å². The van der Waals surface area contributed by atoms with Crippen LogP contribution in [0.1, 0.15) is 48.1 Å². The molecule has 1 aliphatic carbocycles. The van der Waals surface area contributed by atoms with E-state index in [2.05, 4.69) is 16.8 Å². The number of aromatic amines is 1. The molecule has 1 N–H and O–H groups in total. The van der Waals surface area contributed by atoms with E-state index in [9.17, 15) is 9.18 Å². The summed E-state index contributed by atoms with van der Waals surface area (Å²) >= 11 is 1.68. The summed E-state index contributed by atoms with van der Waals surface area (Å²) in [6.07, 6.45) is 3.16. The van der Waals surface area contributed by atoms with Crippen molar-refractivity contribution in [1.82, 2.24) is 14.9 Å². The minimum absolute atomic E-state index is 0.0240. The summed E-state index contributed by atoms with van der Waals surface area (Å²) in [6.45, 7) is 4.95. The van der Waals surface area contributed by atoms with E-state index in [0.29, 0.717) is 18.3 Å². The third-order valence-corrected chi connectivity index (χ3v) is 6.73. The summed E-state index contributed by atoms with van der Waals surface area (Å²) in [6, 6.07) is 6.46. The Bertz CT molecular complexity index is 1020. The summed E-state index contributed by atoms with van der Waals surface area (Å²) in [5, 5.41) is 0.791. The number of nitrogens with zero attached hydrogens (tertiary/aromatic N) is 2. The van der Waals surface area contributed by atoms with Crippen molar-refractivity contribution in [2.75, 3.05) is 7.05 Å². The zero-order valence-electron chi connectivity index (χ0n) is 15.9. The molecule has 0 bridgehead atoms. The van der Waals surface area contributed by atoms with Gasteiger partial charge in [0.15, 0.2) is 0 Å². The highest BCUT2D eigenvalue weighted by atomic mass is 32.1. The predicted molar refractivity (Wildman–Crippen MR) is 108 cm³/mol. The molecule has 3 aromatic rings. The number of hydrogen-bond donors (Lipinski definition) is 1. The average molecular weight is 386 g/mol. The quantitative estimate of drug-likeness (QED) is 0.722. The number of fused-ring (bicyclic) bond motifs is 3. The monoisotopic (exact) mass is 385 g/mol. The smallest absolute Gasteiger partial charge is 0.259 e. The molecule has 0 saturated heterocycles. The van der Waals surface area contributed by atoms with Crippen LogP contribution < -0.4 is 5.56 Å². The van der Waals surface area contributed by atoms with E-state index in [-0.39, 0.29) is 17.4 Å². The molecule has 27 heavy (non-hydrogen) atoms. The van der Waals surface area contributed by atoms with Crippen LogP contribution >= 0.6 is 11.3 Å². The van der Waals surface area contributed by atoms with Gasteiger partial charge >= 0.3 is 0 Å². The lowest BCUT2D eigenvalue weighted by Crippen LogP contribution is -2.26. The Morgan fingerprint density at radius 3 is 2.85 bits per heavy atom. The molecule has 0 amide bonds. The van der Waals surface area contributed by atoms with Gasteiger partial charge in [0.25, 0.3) is 5.56 Å². The molecule has 2 unspecified atom stereocenters. The van der Waals surface area contributed by atoms with Crippen molar-refractivity contribution < 1.29 is 4.39 Å². The molecule has 4 rings (SSSR count). The first-order chi connectivity index (χ1) is 12.9. The normalized spacial score (nSPS) is 18.0. The first-order valence-electron chi connectivity index (χ1n) is 9.41. The summed E-state index contributed by atoms with van der Waals surface area (Å²) in [4.78, 5) is 24.9. The molecule has 2 aromatic heterocycles. The summed E-state index contributed by atoms with van der Waals surface area (Å²) in [5.74, 6) is 1.12. The van der Waals surface area contributed by atoms with Gasteiger partial charge < -0.3 is 4.98 Å². The topological polar surface area (TPSA) is 49.0 Å². The van der Waals surface area contributed by atoms with Crippen molar-refractivity contribution in [2.45, 2.75) is 45.7 Å². The highest BCUT2D eigenvalue weighted by molar-refractivity contribution is 7.18. The Hall–Kier alpha value is -2.05. The van der Waals surface area contributed by atoms with E-state index in [0.717, 1.165) is 35.0 Å². The third kappa shape index (κ3) is 3.56. The van der Waals surface area contributed by atoms with Gasteiger partial charge in [0, 0.05) is 11.4 Å². The molecular formula is C21H24FN3OS. The fourth-order valence-electron chi connectivity index (χ4n) is 3.79. The van der Waals surface area contributed by atoms with Gasteiger partial charge in [-0.05, 0) is 62.4 Å². The second-order valence-corrected chi connectivity index (χ2v) is 8.78. The fraction of sp³-hybridized carbons (Fsp3) is 0.429. The first kappa shape index (κ1) is 18.3. The molecule has 1 aromatic carbocycles.